The quantitative estimate of drug-likeness (QED) is 0.744. The number of thiazole rings is 1. The number of hydrogen-bond donors (Lipinski definition) is 1. The standard InChI is InChI=1S/C11H17F3N2OS/c1-2-15-9(7-10-16-4-6-18-10)3-5-17-8-11(12,13)14/h4,6,9,15H,2-3,5,7-8H2,1H3. The molecule has 1 heterocycles. The average molecular weight is 282 g/mol. The number of alkyl halides is 3. The van der Waals surface area contributed by atoms with Gasteiger partial charge in [0.25, 0.3) is 0 Å². The zero-order valence-electron chi connectivity index (χ0n) is 10.2. The van der Waals surface area contributed by atoms with Crippen LogP contribution in [0.25, 0.3) is 0 Å². The Morgan fingerprint density at radius 3 is 2.83 bits per heavy atom. The molecule has 0 amide bonds. The molecule has 1 N–H and O–H groups in total. The van der Waals surface area contributed by atoms with Gasteiger partial charge in [0.1, 0.15) is 6.61 Å². The van der Waals surface area contributed by atoms with E-state index in [1.807, 2.05) is 12.3 Å². The fourth-order valence-corrected chi connectivity index (χ4v) is 2.24. The SMILES string of the molecule is CCNC(CCOCC(F)(F)F)Cc1nccs1. The first-order valence-corrected chi connectivity index (χ1v) is 6.65. The number of ether oxygens (including phenoxy) is 1. The Morgan fingerprint density at radius 1 is 1.50 bits per heavy atom. The van der Waals surface area contributed by atoms with Crippen molar-refractivity contribution in [3.8, 4) is 0 Å². The highest BCUT2D eigenvalue weighted by atomic mass is 32.1. The molecule has 0 saturated carbocycles. The van der Waals surface area contributed by atoms with Gasteiger partial charge >= 0.3 is 6.18 Å². The number of aromatic nitrogens is 1. The maximum Gasteiger partial charge on any atom is 0.411 e. The van der Waals surface area contributed by atoms with Crippen LogP contribution in [0.5, 0.6) is 0 Å². The second-order valence-electron chi connectivity index (χ2n) is 3.84. The Labute approximate surface area is 108 Å². The second kappa shape index (κ2) is 7.70. The van der Waals surface area contributed by atoms with Gasteiger partial charge in [0, 0.05) is 30.6 Å². The number of rotatable bonds is 8. The van der Waals surface area contributed by atoms with Gasteiger partial charge < -0.3 is 10.1 Å². The molecular weight excluding hydrogens is 265 g/mol. The number of nitrogens with one attached hydrogen (secondary N) is 1. The molecule has 104 valence electrons. The largest absolute Gasteiger partial charge is 0.411 e. The zero-order chi connectivity index (χ0) is 13.4. The molecule has 1 unspecified atom stereocenters. The summed E-state index contributed by atoms with van der Waals surface area (Å²) in [7, 11) is 0. The minimum Gasteiger partial charge on any atom is -0.372 e. The molecule has 0 aliphatic carbocycles. The van der Waals surface area contributed by atoms with Crippen LogP contribution < -0.4 is 5.32 Å². The van der Waals surface area contributed by atoms with Gasteiger partial charge in [-0.1, -0.05) is 6.92 Å². The summed E-state index contributed by atoms with van der Waals surface area (Å²) in [6, 6.07) is 0.106. The Kier molecular flexibility index (Phi) is 6.59. The van der Waals surface area contributed by atoms with E-state index in [0.717, 1.165) is 18.0 Å². The lowest BCUT2D eigenvalue weighted by molar-refractivity contribution is -0.174. The number of likely N-dealkylation sites (N-methyl/N-ethyl adjacent to an activating group) is 1. The van der Waals surface area contributed by atoms with Crippen molar-refractivity contribution in [1.29, 1.82) is 0 Å². The summed E-state index contributed by atoms with van der Waals surface area (Å²) >= 11 is 1.55. The molecule has 0 saturated heterocycles. The number of hydrogen-bond acceptors (Lipinski definition) is 4. The van der Waals surface area contributed by atoms with Crippen LogP contribution in [0.15, 0.2) is 11.6 Å². The summed E-state index contributed by atoms with van der Waals surface area (Å²) in [6.45, 7) is 1.66. The molecule has 1 rings (SSSR count). The van der Waals surface area contributed by atoms with E-state index in [0.29, 0.717) is 6.42 Å². The van der Waals surface area contributed by atoms with Crippen LogP contribution in [0, 0.1) is 0 Å². The van der Waals surface area contributed by atoms with Crippen LogP contribution in [-0.4, -0.2) is 37.0 Å². The van der Waals surface area contributed by atoms with Crippen LogP contribution in [0.4, 0.5) is 13.2 Å². The Bertz CT molecular complexity index is 317. The first-order valence-electron chi connectivity index (χ1n) is 5.77. The van der Waals surface area contributed by atoms with Gasteiger partial charge in [0.05, 0.1) is 5.01 Å². The minimum absolute atomic E-state index is 0.0998. The van der Waals surface area contributed by atoms with Gasteiger partial charge in [0.2, 0.25) is 0 Å². The first-order chi connectivity index (χ1) is 8.51. The van der Waals surface area contributed by atoms with E-state index in [4.69, 9.17) is 0 Å². The van der Waals surface area contributed by atoms with Crippen LogP contribution in [0.1, 0.15) is 18.4 Å². The molecule has 0 spiro atoms. The van der Waals surface area contributed by atoms with E-state index in [1.54, 1.807) is 17.5 Å². The Hall–Kier alpha value is -0.660. The van der Waals surface area contributed by atoms with Gasteiger partial charge in [-0.25, -0.2) is 4.98 Å². The minimum atomic E-state index is -4.25. The van der Waals surface area contributed by atoms with Crippen molar-refractivity contribution < 1.29 is 17.9 Å². The third-order valence-electron chi connectivity index (χ3n) is 2.27. The molecule has 0 fully saturated rings. The van der Waals surface area contributed by atoms with Gasteiger partial charge in [-0.05, 0) is 13.0 Å². The van der Waals surface area contributed by atoms with Crippen LogP contribution >= 0.6 is 11.3 Å². The van der Waals surface area contributed by atoms with E-state index in [9.17, 15) is 13.2 Å². The topological polar surface area (TPSA) is 34.1 Å². The van der Waals surface area contributed by atoms with Crippen molar-refractivity contribution in [3.05, 3.63) is 16.6 Å². The van der Waals surface area contributed by atoms with Crippen molar-refractivity contribution in [1.82, 2.24) is 10.3 Å². The van der Waals surface area contributed by atoms with Gasteiger partial charge in [-0.2, -0.15) is 13.2 Å². The van der Waals surface area contributed by atoms with Crippen LogP contribution in [0.2, 0.25) is 0 Å². The zero-order valence-corrected chi connectivity index (χ0v) is 11.0. The van der Waals surface area contributed by atoms with Gasteiger partial charge in [-0.3, -0.25) is 0 Å². The first kappa shape index (κ1) is 15.4. The van der Waals surface area contributed by atoms with Crippen molar-refractivity contribution >= 4 is 11.3 Å². The lowest BCUT2D eigenvalue weighted by Gasteiger charge is -2.17. The molecule has 0 aliphatic rings. The fraction of sp³-hybridized carbons (Fsp3) is 0.727. The Balaban J connectivity index is 2.25. The van der Waals surface area contributed by atoms with E-state index in [-0.39, 0.29) is 12.6 Å². The second-order valence-corrected chi connectivity index (χ2v) is 4.82. The molecular formula is C11H17F3N2OS. The third-order valence-corrected chi connectivity index (χ3v) is 3.08. The van der Waals surface area contributed by atoms with Crippen molar-refractivity contribution in [2.24, 2.45) is 0 Å². The van der Waals surface area contributed by atoms with E-state index in [1.165, 1.54) is 0 Å². The number of halogens is 3. The van der Waals surface area contributed by atoms with Crippen molar-refractivity contribution in [2.75, 3.05) is 19.8 Å². The van der Waals surface area contributed by atoms with Gasteiger partial charge in [-0.15, -0.1) is 11.3 Å². The molecule has 0 aliphatic heterocycles. The Morgan fingerprint density at radius 2 is 2.28 bits per heavy atom. The normalized spacial score (nSPS) is 13.8. The van der Waals surface area contributed by atoms with Gasteiger partial charge in [0.15, 0.2) is 0 Å². The summed E-state index contributed by atoms with van der Waals surface area (Å²) < 4.78 is 40.3. The summed E-state index contributed by atoms with van der Waals surface area (Å²) in [5.41, 5.74) is 0. The predicted molar refractivity (Wildman–Crippen MR) is 64.8 cm³/mol. The molecule has 1 aromatic rings. The summed E-state index contributed by atoms with van der Waals surface area (Å²) in [6.07, 6.45) is -1.25. The highest BCUT2D eigenvalue weighted by molar-refractivity contribution is 7.09. The monoisotopic (exact) mass is 282 g/mol. The molecule has 3 nitrogen and oxygen atoms in total. The highest BCUT2D eigenvalue weighted by Crippen LogP contribution is 2.15. The number of nitrogens with zero attached hydrogens (tertiary/aromatic N) is 1. The lowest BCUT2D eigenvalue weighted by Crippen LogP contribution is -2.32. The summed E-state index contributed by atoms with van der Waals surface area (Å²) in [5, 5.41) is 6.09. The summed E-state index contributed by atoms with van der Waals surface area (Å²) in [4.78, 5) is 4.16. The lowest BCUT2D eigenvalue weighted by atomic mass is 10.1. The molecule has 0 radical (unpaired) electrons. The molecule has 0 aromatic carbocycles. The smallest absolute Gasteiger partial charge is 0.372 e. The molecule has 1 atom stereocenters. The highest BCUT2D eigenvalue weighted by Gasteiger charge is 2.27. The molecule has 1 aromatic heterocycles. The maximum absolute atomic E-state index is 11.9. The third kappa shape index (κ3) is 6.93. The summed E-state index contributed by atoms with van der Waals surface area (Å²) in [5.74, 6) is 0. The molecule has 18 heavy (non-hydrogen) atoms. The maximum atomic E-state index is 11.9. The average Bonchev–Trinajstić information content (AvgIpc) is 2.76. The molecule has 0 bridgehead atoms. The molecule has 7 heteroatoms. The van der Waals surface area contributed by atoms with E-state index >= 15 is 0 Å². The van der Waals surface area contributed by atoms with Crippen LogP contribution in [-0.2, 0) is 11.2 Å². The van der Waals surface area contributed by atoms with Crippen LogP contribution in [0.3, 0.4) is 0 Å². The van der Waals surface area contributed by atoms with E-state index in [2.05, 4.69) is 15.0 Å². The van der Waals surface area contributed by atoms with Crippen molar-refractivity contribution in [2.45, 2.75) is 32.0 Å². The predicted octanol–water partition coefficient (Wildman–Crippen LogP) is 2.63. The van der Waals surface area contributed by atoms with E-state index < -0.39 is 12.8 Å². The van der Waals surface area contributed by atoms with Crippen molar-refractivity contribution in [3.63, 3.8) is 0 Å². The fourth-order valence-electron chi connectivity index (χ4n) is 1.54.